The van der Waals surface area contributed by atoms with E-state index in [0.29, 0.717) is 0 Å². The van der Waals surface area contributed by atoms with Crippen molar-refractivity contribution in [2.45, 2.75) is 37.3 Å². The molecule has 1 aliphatic heterocycles. The molecule has 13 nitrogen and oxygen atoms in total. The lowest BCUT2D eigenvalue weighted by molar-refractivity contribution is -0.147. The molecule has 6 N–H and O–H groups in total. The minimum Gasteiger partial charge on any atom is -0.478 e. The Balaban J connectivity index is 2.08. The molecule has 0 saturated carbocycles. The van der Waals surface area contributed by atoms with Crippen LogP contribution in [0.1, 0.15) is 23.3 Å². The average molecular weight is 462 g/mol. The number of rotatable bonds is 8. The maximum atomic E-state index is 11.9. The predicted octanol–water partition coefficient (Wildman–Crippen LogP) is -1.23. The van der Waals surface area contributed by atoms with Crippen molar-refractivity contribution in [3.63, 3.8) is 0 Å². The lowest BCUT2D eigenvalue weighted by atomic mass is 9.92. The zero-order chi connectivity index (χ0) is 24.3. The number of aliphatic hydroxyl groups is 3. The van der Waals surface area contributed by atoms with Gasteiger partial charge in [-0.2, -0.15) is 0 Å². The van der Waals surface area contributed by atoms with Crippen LogP contribution >= 0.6 is 0 Å². The summed E-state index contributed by atoms with van der Waals surface area (Å²) in [5.74, 6) is -3.79. The molecule has 1 amide bonds. The number of benzene rings is 1. The molecule has 2 aromatic rings. The van der Waals surface area contributed by atoms with Gasteiger partial charge in [0.05, 0.1) is 30.5 Å². The van der Waals surface area contributed by atoms with Gasteiger partial charge in [-0.1, -0.05) is 23.4 Å². The van der Waals surface area contributed by atoms with Crippen LogP contribution in [0, 0.1) is 0 Å². The molecule has 3 rings (SSSR count). The molecule has 33 heavy (non-hydrogen) atoms. The standard InChI is InChI=1S/C20H22N4O9/c1-9(26)21-16-13(6-15(20(31)32)33-18(16)17(28)14(27)8-25)24-7-12(22-23-24)10-4-2-3-5-11(10)19(29)30/h2-7,13-14,16-18,25,27-28H,8H2,1H3,(H,21,26)(H,29,30)(H,31,32)/t13-,14+,16+,17+,18+/m0/s1. The second kappa shape index (κ2) is 9.77. The summed E-state index contributed by atoms with van der Waals surface area (Å²) in [7, 11) is 0. The molecule has 1 aromatic heterocycles. The number of aromatic nitrogens is 3. The van der Waals surface area contributed by atoms with E-state index in [1.54, 1.807) is 12.1 Å². The maximum Gasteiger partial charge on any atom is 0.370 e. The van der Waals surface area contributed by atoms with Crippen LogP contribution in [-0.4, -0.2) is 89.3 Å². The number of carbonyl (C=O) groups excluding carboxylic acids is 1. The van der Waals surface area contributed by atoms with E-state index in [-0.39, 0.29) is 16.8 Å². The highest BCUT2D eigenvalue weighted by atomic mass is 16.5. The van der Waals surface area contributed by atoms with Crippen molar-refractivity contribution in [3.8, 4) is 11.3 Å². The number of aliphatic hydroxyl groups excluding tert-OH is 3. The Labute approximate surface area is 186 Å². The van der Waals surface area contributed by atoms with Crippen LogP contribution < -0.4 is 5.32 Å². The van der Waals surface area contributed by atoms with Crippen molar-refractivity contribution >= 4 is 17.8 Å². The monoisotopic (exact) mass is 462 g/mol. The zero-order valence-corrected chi connectivity index (χ0v) is 17.3. The third kappa shape index (κ3) is 5.00. The maximum absolute atomic E-state index is 11.9. The highest BCUT2D eigenvalue weighted by molar-refractivity contribution is 5.95. The van der Waals surface area contributed by atoms with Crippen molar-refractivity contribution in [3.05, 3.63) is 47.9 Å². The third-order valence-corrected chi connectivity index (χ3v) is 5.05. The van der Waals surface area contributed by atoms with E-state index in [1.807, 2.05) is 0 Å². The minimum atomic E-state index is -1.77. The van der Waals surface area contributed by atoms with E-state index in [9.17, 15) is 39.9 Å². The van der Waals surface area contributed by atoms with E-state index in [4.69, 9.17) is 4.74 Å². The smallest absolute Gasteiger partial charge is 0.370 e. The zero-order valence-electron chi connectivity index (χ0n) is 17.3. The quantitative estimate of drug-likeness (QED) is 0.274. The lowest BCUT2D eigenvalue weighted by Crippen LogP contribution is -2.58. The number of ether oxygens (including phenoxy) is 1. The molecule has 176 valence electrons. The van der Waals surface area contributed by atoms with Crippen LogP contribution in [-0.2, 0) is 14.3 Å². The van der Waals surface area contributed by atoms with Gasteiger partial charge in [0.15, 0.2) is 0 Å². The Morgan fingerprint density at radius 1 is 1.18 bits per heavy atom. The Kier molecular flexibility index (Phi) is 7.06. The molecule has 0 unspecified atom stereocenters. The van der Waals surface area contributed by atoms with Crippen LogP contribution in [0.5, 0.6) is 0 Å². The molecule has 0 saturated heterocycles. The number of carbonyl (C=O) groups is 3. The fourth-order valence-corrected chi connectivity index (χ4v) is 3.53. The second-order valence-electron chi connectivity index (χ2n) is 7.31. The van der Waals surface area contributed by atoms with Crippen LogP contribution in [0.25, 0.3) is 11.3 Å². The Morgan fingerprint density at radius 2 is 1.88 bits per heavy atom. The summed E-state index contributed by atoms with van der Waals surface area (Å²) < 4.78 is 6.51. The van der Waals surface area contributed by atoms with E-state index in [0.717, 1.165) is 6.08 Å². The molecule has 1 aliphatic rings. The van der Waals surface area contributed by atoms with Crippen LogP contribution in [0.15, 0.2) is 42.3 Å². The first-order valence-corrected chi connectivity index (χ1v) is 9.74. The molecule has 13 heteroatoms. The van der Waals surface area contributed by atoms with Gasteiger partial charge in [-0.3, -0.25) is 4.79 Å². The summed E-state index contributed by atoms with van der Waals surface area (Å²) in [6, 6.07) is 3.87. The summed E-state index contributed by atoms with van der Waals surface area (Å²) >= 11 is 0. The molecule has 0 radical (unpaired) electrons. The summed E-state index contributed by atoms with van der Waals surface area (Å²) in [6.07, 6.45) is -2.44. The topological polar surface area (TPSA) is 204 Å². The van der Waals surface area contributed by atoms with Gasteiger partial charge in [0.25, 0.3) is 0 Å². The highest BCUT2D eigenvalue weighted by Crippen LogP contribution is 2.31. The van der Waals surface area contributed by atoms with Crippen LogP contribution in [0.3, 0.4) is 0 Å². The van der Waals surface area contributed by atoms with Crippen molar-refractivity contribution in [1.29, 1.82) is 0 Å². The van der Waals surface area contributed by atoms with Gasteiger partial charge in [0.2, 0.25) is 11.7 Å². The summed E-state index contributed by atoms with van der Waals surface area (Å²) in [5, 5.41) is 58.9. The lowest BCUT2D eigenvalue weighted by Gasteiger charge is -2.39. The summed E-state index contributed by atoms with van der Waals surface area (Å²) in [4.78, 5) is 35.0. The van der Waals surface area contributed by atoms with Gasteiger partial charge in [-0.25, -0.2) is 14.3 Å². The third-order valence-electron chi connectivity index (χ3n) is 5.05. The molecule has 0 fully saturated rings. The Bertz CT molecular complexity index is 1080. The van der Waals surface area contributed by atoms with Gasteiger partial charge in [-0.15, -0.1) is 5.10 Å². The van der Waals surface area contributed by atoms with E-state index >= 15 is 0 Å². The molecule has 0 bridgehead atoms. The fourth-order valence-electron chi connectivity index (χ4n) is 3.53. The number of amides is 1. The van der Waals surface area contributed by atoms with E-state index in [2.05, 4.69) is 15.6 Å². The molecule has 2 heterocycles. The Hall–Kier alpha value is -3.81. The SMILES string of the molecule is CC(=O)N[C@H]1[C@H]([C@H](O)[C@H](O)CO)OC(C(=O)O)=C[C@@H]1n1cc(-c2ccccc2C(=O)O)nn1. The number of aliphatic carboxylic acids is 1. The minimum absolute atomic E-state index is 0.0314. The van der Waals surface area contributed by atoms with Crippen molar-refractivity contribution in [1.82, 2.24) is 20.3 Å². The van der Waals surface area contributed by atoms with Crippen molar-refractivity contribution in [2.75, 3.05) is 6.61 Å². The first-order valence-electron chi connectivity index (χ1n) is 9.74. The van der Waals surface area contributed by atoms with Crippen molar-refractivity contribution < 1.29 is 44.7 Å². The average Bonchev–Trinajstić information content (AvgIpc) is 3.27. The van der Waals surface area contributed by atoms with Gasteiger partial charge in [0.1, 0.15) is 24.0 Å². The second-order valence-corrected chi connectivity index (χ2v) is 7.31. The predicted molar refractivity (Wildman–Crippen MR) is 109 cm³/mol. The first kappa shape index (κ1) is 23.8. The molecule has 0 aliphatic carbocycles. The summed E-state index contributed by atoms with van der Waals surface area (Å²) in [6.45, 7) is 0.347. The van der Waals surface area contributed by atoms with E-state index in [1.165, 1.54) is 29.9 Å². The van der Waals surface area contributed by atoms with E-state index < -0.39 is 60.6 Å². The van der Waals surface area contributed by atoms with Gasteiger partial charge >= 0.3 is 11.9 Å². The van der Waals surface area contributed by atoms with Gasteiger partial charge < -0.3 is 35.6 Å². The normalized spacial score (nSPS) is 21.9. The van der Waals surface area contributed by atoms with Gasteiger partial charge in [0, 0.05) is 12.5 Å². The Morgan fingerprint density at radius 3 is 2.48 bits per heavy atom. The molecular weight excluding hydrogens is 440 g/mol. The number of nitrogens with one attached hydrogen (secondary N) is 1. The highest BCUT2D eigenvalue weighted by Gasteiger charge is 2.44. The number of carboxylic acids is 2. The molecule has 1 aromatic carbocycles. The number of hydrogen-bond donors (Lipinski definition) is 6. The van der Waals surface area contributed by atoms with Crippen LogP contribution in [0.4, 0.5) is 0 Å². The van der Waals surface area contributed by atoms with Gasteiger partial charge in [-0.05, 0) is 12.1 Å². The molecular formula is C20H22N4O9. The number of aromatic carboxylic acids is 1. The number of carboxylic acid groups (broad SMARTS) is 2. The fraction of sp³-hybridized carbons (Fsp3) is 0.350. The molecule has 0 spiro atoms. The first-order chi connectivity index (χ1) is 15.6. The van der Waals surface area contributed by atoms with Crippen LogP contribution in [0.2, 0.25) is 0 Å². The largest absolute Gasteiger partial charge is 0.478 e. The summed E-state index contributed by atoms with van der Waals surface area (Å²) in [5.41, 5.74) is 0.393. The molecule has 5 atom stereocenters. The number of hydrogen-bond acceptors (Lipinski definition) is 9. The van der Waals surface area contributed by atoms with Crippen molar-refractivity contribution in [2.24, 2.45) is 0 Å². The number of nitrogens with zero attached hydrogens (tertiary/aromatic N) is 3.